The lowest BCUT2D eigenvalue weighted by Gasteiger charge is -2.36. The van der Waals surface area contributed by atoms with E-state index in [0.29, 0.717) is 35.1 Å². The average molecular weight is 434 g/mol. The van der Waals surface area contributed by atoms with Gasteiger partial charge in [0.15, 0.2) is 0 Å². The van der Waals surface area contributed by atoms with E-state index in [9.17, 15) is 9.59 Å². The van der Waals surface area contributed by atoms with Crippen molar-refractivity contribution >= 4 is 34.9 Å². The van der Waals surface area contributed by atoms with Crippen LogP contribution in [0.15, 0.2) is 72.8 Å². The van der Waals surface area contributed by atoms with Crippen LogP contribution in [-0.2, 0) is 6.54 Å². The Morgan fingerprint density at radius 2 is 1.81 bits per heavy atom. The van der Waals surface area contributed by atoms with Gasteiger partial charge in [0.2, 0.25) is 0 Å². The van der Waals surface area contributed by atoms with Gasteiger partial charge in [-0.05, 0) is 49.2 Å². The summed E-state index contributed by atoms with van der Waals surface area (Å²) in [6.07, 6.45) is 0.867. The molecule has 0 spiro atoms. The molecule has 1 saturated heterocycles. The van der Waals surface area contributed by atoms with Crippen LogP contribution >= 0.6 is 11.6 Å². The van der Waals surface area contributed by atoms with Crippen LogP contribution in [0, 0.1) is 6.92 Å². The topological polar surface area (TPSA) is 52.7 Å². The van der Waals surface area contributed by atoms with Crippen LogP contribution in [0.2, 0.25) is 5.02 Å². The number of halogens is 1. The summed E-state index contributed by atoms with van der Waals surface area (Å²) in [5.74, 6) is -0.238. The number of nitrogens with zero attached hydrogens (tertiary/aromatic N) is 2. The maximum atomic E-state index is 13.1. The summed E-state index contributed by atoms with van der Waals surface area (Å²) >= 11 is 6.34. The fourth-order valence-corrected chi connectivity index (χ4v) is 3.89. The highest BCUT2D eigenvalue weighted by Gasteiger charge is 2.27. The molecule has 0 aliphatic carbocycles. The quantitative estimate of drug-likeness (QED) is 0.558. The first-order valence-corrected chi connectivity index (χ1v) is 10.7. The zero-order valence-electron chi connectivity index (χ0n) is 17.3. The third kappa shape index (κ3) is 4.89. The third-order valence-corrected chi connectivity index (χ3v) is 5.65. The molecular weight excluding hydrogens is 410 g/mol. The molecule has 3 aromatic rings. The first kappa shape index (κ1) is 20.9. The number of benzene rings is 3. The molecule has 4 rings (SSSR count). The predicted octanol–water partition coefficient (Wildman–Crippen LogP) is 5.73. The lowest BCUT2D eigenvalue weighted by Crippen LogP contribution is -2.49. The molecule has 0 aromatic heterocycles. The predicted molar refractivity (Wildman–Crippen MR) is 125 cm³/mol. The Labute approximate surface area is 187 Å². The molecule has 1 aliphatic rings. The Hall–Kier alpha value is -3.31. The number of amides is 3. The molecule has 0 saturated carbocycles. The van der Waals surface area contributed by atoms with Gasteiger partial charge in [0.1, 0.15) is 0 Å². The minimum atomic E-state index is -0.238. The number of carbonyl (C=O) groups is 2. The van der Waals surface area contributed by atoms with E-state index in [1.807, 2.05) is 66.4 Å². The molecule has 0 radical (unpaired) electrons. The van der Waals surface area contributed by atoms with Crippen molar-refractivity contribution in [2.24, 2.45) is 0 Å². The van der Waals surface area contributed by atoms with Gasteiger partial charge in [-0.3, -0.25) is 9.69 Å². The number of hydrogen-bond donors (Lipinski definition) is 1. The number of rotatable bonds is 5. The number of aryl methyl sites for hydroxylation is 1. The minimum Gasteiger partial charge on any atom is -0.321 e. The molecule has 3 amide bonds. The summed E-state index contributed by atoms with van der Waals surface area (Å²) in [6, 6.07) is 22.6. The van der Waals surface area contributed by atoms with Crippen molar-refractivity contribution in [3.05, 3.63) is 94.5 Å². The molecule has 31 heavy (non-hydrogen) atoms. The maximum absolute atomic E-state index is 13.1. The Bertz CT molecular complexity index is 1100. The second-order valence-corrected chi connectivity index (χ2v) is 8.09. The van der Waals surface area contributed by atoms with E-state index in [1.165, 1.54) is 0 Å². The summed E-state index contributed by atoms with van der Waals surface area (Å²) < 4.78 is 0. The SMILES string of the molecule is Cc1cccc(C(=O)Nc2cc(N3CCCN(Cc4ccccc4)C3=O)ccc2Cl)c1. The molecule has 1 N–H and O–H groups in total. The van der Waals surface area contributed by atoms with Crippen LogP contribution in [0.1, 0.15) is 27.9 Å². The van der Waals surface area contributed by atoms with Crippen molar-refractivity contribution in [1.29, 1.82) is 0 Å². The van der Waals surface area contributed by atoms with E-state index in [-0.39, 0.29) is 11.9 Å². The Morgan fingerprint density at radius 3 is 2.58 bits per heavy atom. The van der Waals surface area contributed by atoms with Gasteiger partial charge >= 0.3 is 6.03 Å². The molecule has 0 atom stereocenters. The first-order chi connectivity index (χ1) is 15.0. The van der Waals surface area contributed by atoms with Crippen LogP contribution in [-0.4, -0.2) is 29.9 Å². The second-order valence-electron chi connectivity index (χ2n) is 7.68. The summed E-state index contributed by atoms with van der Waals surface area (Å²) in [6.45, 7) is 3.85. The van der Waals surface area contributed by atoms with Crippen LogP contribution in [0.4, 0.5) is 16.2 Å². The van der Waals surface area contributed by atoms with Gasteiger partial charge in [0.25, 0.3) is 5.91 Å². The number of carbonyl (C=O) groups excluding carboxylic acids is 2. The standard InChI is InChI=1S/C25H24ClN3O2/c1-18-7-5-10-20(15-18)24(30)27-23-16-21(11-12-22(23)26)29-14-6-13-28(25(29)31)17-19-8-3-2-4-9-19/h2-5,7-12,15-16H,6,13-14,17H2,1H3,(H,27,30). The highest BCUT2D eigenvalue weighted by Crippen LogP contribution is 2.30. The zero-order valence-corrected chi connectivity index (χ0v) is 18.1. The van der Waals surface area contributed by atoms with Gasteiger partial charge in [0.05, 0.1) is 10.7 Å². The molecule has 158 valence electrons. The number of hydrogen-bond acceptors (Lipinski definition) is 2. The fraction of sp³-hybridized carbons (Fsp3) is 0.200. The zero-order chi connectivity index (χ0) is 21.8. The van der Waals surface area contributed by atoms with E-state index in [4.69, 9.17) is 11.6 Å². The van der Waals surface area contributed by atoms with Crippen molar-refractivity contribution in [1.82, 2.24) is 4.90 Å². The smallest absolute Gasteiger partial charge is 0.321 e. The number of urea groups is 1. The summed E-state index contributed by atoms with van der Waals surface area (Å²) in [7, 11) is 0. The monoisotopic (exact) mass is 433 g/mol. The Morgan fingerprint density at radius 1 is 1.00 bits per heavy atom. The molecule has 0 bridgehead atoms. The third-order valence-electron chi connectivity index (χ3n) is 5.32. The van der Waals surface area contributed by atoms with Crippen molar-refractivity contribution in [3.8, 4) is 0 Å². The highest BCUT2D eigenvalue weighted by atomic mass is 35.5. The summed E-state index contributed by atoms with van der Waals surface area (Å²) in [5.41, 5.74) is 3.86. The Balaban J connectivity index is 1.53. The second kappa shape index (κ2) is 9.23. The minimum absolute atomic E-state index is 0.0478. The average Bonchev–Trinajstić information content (AvgIpc) is 2.77. The van der Waals surface area contributed by atoms with Gasteiger partial charge in [-0.25, -0.2) is 4.79 Å². The van der Waals surface area contributed by atoms with Crippen molar-refractivity contribution < 1.29 is 9.59 Å². The molecule has 0 unspecified atom stereocenters. The van der Waals surface area contributed by atoms with Gasteiger partial charge in [0, 0.05) is 30.9 Å². The molecule has 6 heteroatoms. The lowest BCUT2D eigenvalue weighted by atomic mass is 10.1. The maximum Gasteiger partial charge on any atom is 0.324 e. The van der Waals surface area contributed by atoms with E-state index in [2.05, 4.69) is 5.32 Å². The molecule has 1 heterocycles. The van der Waals surface area contributed by atoms with Crippen LogP contribution in [0.3, 0.4) is 0 Å². The normalized spacial score (nSPS) is 13.9. The highest BCUT2D eigenvalue weighted by molar-refractivity contribution is 6.34. The summed E-state index contributed by atoms with van der Waals surface area (Å²) in [5, 5.41) is 3.30. The van der Waals surface area contributed by atoms with Crippen LogP contribution in [0.5, 0.6) is 0 Å². The van der Waals surface area contributed by atoms with E-state index in [0.717, 1.165) is 24.1 Å². The van der Waals surface area contributed by atoms with E-state index >= 15 is 0 Å². The molecule has 5 nitrogen and oxygen atoms in total. The number of anilines is 2. The van der Waals surface area contributed by atoms with Crippen molar-refractivity contribution in [3.63, 3.8) is 0 Å². The van der Waals surface area contributed by atoms with Crippen LogP contribution < -0.4 is 10.2 Å². The van der Waals surface area contributed by atoms with E-state index in [1.54, 1.807) is 23.1 Å². The molecule has 1 fully saturated rings. The van der Waals surface area contributed by atoms with Gasteiger partial charge in [-0.1, -0.05) is 59.6 Å². The van der Waals surface area contributed by atoms with Crippen molar-refractivity contribution in [2.75, 3.05) is 23.3 Å². The van der Waals surface area contributed by atoms with Gasteiger partial charge in [-0.2, -0.15) is 0 Å². The molecule has 1 aliphatic heterocycles. The first-order valence-electron chi connectivity index (χ1n) is 10.3. The summed E-state index contributed by atoms with van der Waals surface area (Å²) in [4.78, 5) is 29.4. The van der Waals surface area contributed by atoms with E-state index < -0.39 is 0 Å². The largest absolute Gasteiger partial charge is 0.324 e. The lowest BCUT2D eigenvalue weighted by molar-refractivity contribution is 0.102. The van der Waals surface area contributed by atoms with Crippen LogP contribution in [0.25, 0.3) is 0 Å². The van der Waals surface area contributed by atoms with Gasteiger partial charge in [-0.15, -0.1) is 0 Å². The fourth-order valence-electron chi connectivity index (χ4n) is 3.73. The molecule has 3 aromatic carbocycles. The molecular formula is C25H24ClN3O2. The van der Waals surface area contributed by atoms with Gasteiger partial charge < -0.3 is 10.2 Å². The van der Waals surface area contributed by atoms with Crippen molar-refractivity contribution in [2.45, 2.75) is 19.9 Å². The Kier molecular flexibility index (Phi) is 6.23. The number of nitrogens with one attached hydrogen (secondary N) is 1.